The van der Waals surface area contributed by atoms with Crippen LogP contribution in [0.5, 0.6) is 0 Å². The normalized spacial score (nSPS) is 21.9. The number of benzene rings is 1. The molecule has 1 atom stereocenters. The van der Waals surface area contributed by atoms with Crippen LogP contribution in [0.3, 0.4) is 0 Å². The summed E-state index contributed by atoms with van der Waals surface area (Å²) < 4.78 is 6.76. The Bertz CT molecular complexity index is 359. The second-order valence-corrected chi connectivity index (χ2v) is 3.36. The molecule has 1 aliphatic rings. The van der Waals surface area contributed by atoms with Crippen molar-refractivity contribution in [2.24, 2.45) is 0 Å². The second-order valence-electron chi connectivity index (χ2n) is 3.36. The average molecular weight is 190 g/mol. The summed E-state index contributed by atoms with van der Waals surface area (Å²) in [6, 6.07) is 10.0. The van der Waals surface area contributed by atoms with Gasteiger partial charge in [-0.2, -0.15) is 0 Å². The lowest BCUT2D eigenvalue weighted by molar-refractivity contribution is -0.569. The fourth-order valence-electron chi connectivity index (χ4n) is 1.58. The van der Waals surface area contributed by atoms with E-state index in [4.69, 9.17) is 4.74 Å². The Morgan fingerprint density at radius 3 is 2.71 bits per heavy atom. The molecular formula is C11H12NO2+. The molecule has 1 aromatic rings. The average Bonchev–Trinajstić information content (AvgIpc) is 2.19. The van der Waals surface area contributed by atoms with Crippen molar-refractivity contribution in [1.29, 1.82) is 0 Å². The van der Waals surface area contributed by atoms with Gasteiger partial charge in [-0.15, -0.1) is 0 Å². The lowest BCUT2D eigenvalue weighted by Crippen LogP contribution is -2.35. The van der Waals surface area contributed by atoms with Crippen LogP contribution in [0.4, 0.5) is 0 Å². The van der Waals surface area contributed by atoms with Gasteiger partial charge in [0.25, 0.3) is 0 Å². The number of hydrogen-bond acceptors (Lipinski definition) is 2. The molecule has 3 nitrogen and oxygen atoms in total. The first-order valence-corrected chi connectivity index (χ1v) is 4.55. The number of hydrogen-bond donors (Lipinski definition) is 0. The molecule has 1 saturated heterocycles. The Balaban J connectivity index is 2.20. The van der Waals surface area contributed by atoms with Crippen molar-refractivity contribution in [3.8, 4) is 0 Å². The molecule has 1 aliphatic heterocycles. The summed E-state index contributed by atoms with van der Waals surface area (Å²) in [5, 5.41) is 0. The number of rotatable bonds is 1. The van der Waals surface area contributed by atoms with Gasteiger partial charge in [0.15, 0.2) is 6.61 Å². The largest absolute Gasteiger partial charge is 0.454 e. The van der Waals surface area contributed by atoms with Gasteiger partial charge < -0.3 is 4.74 Å². The number of carbonyl (C=O) groups excluding carboxylic acids is 1. The summed E-state index contributed by atoms with van der Waals surface area (Å²) >= 11 is 0. The molecule has 72 valence electrons. The smallest absolute Gasteiger partial charge is 0.372 e. The summed E-state index contributed by atoms with van der Waals surface area (Å²) in [4.78, 5) is 10.9. The van der Waals surface area contributed by atoms with Gasteiger partial charge in [-0.25, -0.2) is 9.37 Å². The van der Waals surface area contributed by atoms with E-state index in [1.54, 1.807) is 4.58 Å². The lowest BCUT2D eigenvalue weighted by atomic mass is 10.1. The molecule has 0 radical (unpaired) electrons. The highest BCUT2D eigenvalue weighted by molar-refractivity contribution is 5.71. The van der Waals surface area contributed by atoms with Crippen molar-refractivity contribution in [2.45, 2.75) is 6.04 Å². The van der Waals surface area contributed by atoms with Gasteiger partial charge in [0, 0.05) is 5.56 Å². The molecule has 0 spiro atoms. The summed E-state index contributed by atoms with van der Waals surface area (Å²) in [6.07, 6.45) is 0. The molecule has 0 bridgehead atoms. The number of carbonyl (C=O) groups is 1. The van der Waals surface area contributed by atoms with Crippen molar-refractivity contribution >= 4 is 12.7 Å². The molecule has 0 aliphatic carbocycles. The van der Waals surface area contributed by atoms with E-state index in [1.165, 1.54) is 0 Å². The highest BCUT2D eigenvalue weighted by atomic mass is 16.5. The van der Waals surface area contributed by atoms with Crippen molar-refractivity contribution < 1.29 is 14.1 Å². The molecule has 1 heterocycles. The molecule has 3 heteroatoms. The monoisotopic (exact) mass is 190 g/mol. The van der Waals surface area contributed by atoms with Crippen LogP contribution in [0.15, 0.2) is 30.3 Å². The maximum atomic E-state index is 10.9. The summed E-state index contributed by atoms with van der Waals surface area (Å²) in [5.41, 5.74) is 1.13. The standard InChI is InChI=1S/C11H12NO2/c1-12-7-11(13)14-8-10(12)9-5-3-2-4-6-9/h2-6,10H,1,7-8H2/q+1/t10-/m1/s1. The zero-order chi connectivity index (χ0) is 9.97. The van der Waals surface area contributed by atoms with Crippen LogP contribution < -0.4 is 0 Å². The lowest BCUT2D eigenvalue weighted by Gasteiger charge is -2.19. The molecule has 2 rings (SSSR count). The van der Waals surface area contributed by atoms with Crippen LogP contribution >= 0.6 is 0 Å². The van der Waals surface area contributed by atoms with Gasteiger partial charge in [0.05, 0.1) is 0 Å². The SMILES string of the molecule is C=[N+]1CC(=O)OC[C@@H]1c1ccccc1. The molecule has 0 saturated carbocycles. The molecule has 0 N–H and O–H groups in total. The first-order valence-electron chi connectivity index (χ1n) is 4.55. The van der Waals surface area contributed by atoms with Crippen LogP contribution in [-0.2, 0) is 9.53 Å². The predicted molar refractivity (Wildman–Crippen MR) is 52.4 cm³/mol. The number of cyclic esters (lactones) is 1. The minimum Gasteiger partial charge on any atom is -0.454 e. The number of esters is 1. The highest BCUT2D eigenvalue weighted by Gasteiger charge is 2.30. The summed E-state index contributed by atoms with van der Waals surface area (Å²) in [7, 11) is 0. The van der Waals surface area contributed by atoms with Gasteiger partial charge in [0.1, 0.15) is 6.72 Å². The Kier molecular flexibility index (Phi) is 2.31. The third kappa shape index (κ3) is 1.66. The first-order chi connectivity index (χ1) is 6.77. The number of morpholine rings is 1. The van der Waals surface area contributed by atoms with E-state index in [1.807, 2.05) is 30.3 Å². The van der Waals surface area contributed by atoms with Crippen LogP contribution in [0, 0.1) is 0 Å². The topological polar surface area (TPSA) is 29.3 Å². The summed E-state index contributed by atoms with van der Waals surface area (Å²) in [6.45, 7) is 4.50. The van der Waals surface area contributed by atoms with E-state index in [2.05, 4.69) is 6.72 Å². The molecule has 0 aromatic heterocycles. The van der Waals surface area contributed by atoms with Gasteiger partial charge >= 0.3 is 5.97 Å². The van der Waals surface area contributed by atoms with Crippen LogP contribution in [0.25, 0.3) is 0 Å². The van der Waals surface area contributed by atoms with Crippen molar-refractivity contribution in [1.82, 2.24) is 0 Å². The van der Waals surface area contributed by atoms with Crippen LogP contribution in [0.1, 0.15) is 11.6 Å². The van der Waals surface area contributed by atoms with E-state index >= 15 is 0 Å². The molecule has 1 aromatic carbocycles. The van der Waals surface area contributed by atoms with Crippen LogP contribution in [-0.4, -0.2) is 30.4 Å². The molecule has 1 fully saturated rings. The van der Waals surface area contributed by atoms with E-state index in [0.29, 0.717) is 6.61 Å². The molecular weight excluding hydrogens is 178 g/mol. The minimum atomic E-state index is -0.202. The third-order valence-corrected chi connectivity index (χ3v) is 2.36. The first kappa shape index (κ1) is 8.94. The minimum absolute atomic E-state index is 0.0916. The van der Waals surface area contributed by atoms with Gasteiger partial charge in [-0.3, -0.25) is 0 Å². The molecule has 14 heavy (non-hydrogen) atoms. The molecule has 0 unspecified atom stereocenters. The Hall–Kier alpha value is -1.64. The maximum Gasteiger partial charge on any atom is 0.372 e. The zero-order valence-corrected chi connectivity index (χ0v) is 7.85. The number of ether oxygens (including phenoxy) is 1. The van der Waals surface area contributed by atoms with Crippen LogP contribution in [0.2, 0.25) is 0 Å². The number of nitrogens with zero attached hydrogens (tertiary/aromatic N) is 1. The van der Waals surface area contributed by atoms with Crippen molar-refractivity contribution in [3.63, 3.8) is 0 Å². The molecule has 0 amide bonds. The Morgan fingerprint density at radius 2 is 2.07 bits per heavy atom. The van der Waals surface area contributed by atoms with Gasteiger partial charge in [0.2, 0.25) is 12.6 Å². The van der Waals surface area contributed by atoms with Crippen molar-refractivity contribution in [2.75, 3.05) is 13.2 Å². The fourth-order valence-corrected chi connectivity index (χ4v) is 1.58. The highest BCUT2D eigenvalue weighted by Crippen LogP contribution is 2.19. The fraction of sp³-hybridized carbons (Fsp3) is 0.273. The van der Waals surface area contributed by atoms with E-state index < -0.39 is 0 Å². The third-order valence-electron chi connectivity index (χ3n) is 2.36. The Morgan fingerprint density at radius 1 is 1.36 bits per heavy atom. The van der Waals surface area contributed by atoms with E-state index in [9.17, 15) is 4.79 Å². The van der Waals surface area contributed by atoms with Crippen molar-refractivity contribution in [3.05, 3.63) is 35.9 Å². The predicted octanol–water partition coefficient (Wildman–Crippen LogP) is 0.998. The summed E-state index contributed by atoms with van der Waals surface area (Å²) in [5.74, 6) is -0.202. The second kappa shape index (κ2) is 3.62. The van der Waals surface area contributed by atoms with Gasteiger partial charge in [-0.05, 0) is 0 Å². The van der Waals surface area contributed by atoms with E-state index in [0.717, 1.165) is 5.56 Å². The quantitative estimate of drug-likeness (QED) is 0.488. The maximum absolute atomic E-state index is 10.9. The zero-order valence-electron chi connectivity index (χ0n) is 7.85. The van der Waals surface area contributed by atoms with Gasteiger partial charge in [-0.1, -0.05) is 30.3 Å². The Labute approximate surface area is 82.6 Å². The van der Waals surface area contributed by atoms with E-state index in [-0.39, 0.29) is 18.6 Å².